The number of nitrogens with zero attached hydrogens (tertiary/aromatic N) is 5. The molecule has 8 nitrogen and oxygen atoms in total. The quantitative estimate of drug-likeness (QED) is 0.415. The number of hydrogen-bond donors (Lipinski definition) is 1. The molecule has 0 spiro atoms. The van der Waals surface area contributed by atoms with Gasteiger partial charge in [0.1, 0.15) is 22.2 Å². The molecular formula is C30H40N6O2S. The smallest absolute Gasteiger partial charge is 0.321 e. The van der Waals surface area contributed by atoms with Gasteiger partial charge >= 0.3 is 6.03 Å². The molecule has 1 saturated carbocycles. The van der Waals surface area contributed by atoms with Crippen LogP contribution in [0.2, 0.25) is 0 Å². The van der Waals surface area contributed by atoms with E-state index in [0.717, 1.165) is 62.2 Å². The maximum Gasteiger partial charge on any atom is 0.321 e. The van der Waals surface area contributed by atoms with Crippen molar-refractivity contribution in [3.8, 4) is 5.75 Å². The van der Waals surface area contributed by atoms with E-state index in [1.54, 1.807) is 0 Å². The summed E-state index contributed by atoms with van der Waals surface area (Å²) in [6, 6.07) is 7.51. The van der Waals surface area contributed by atoms with Crippen LogP contribution in [0.3, 0.4) is 0 Å². The SMILES string of the molecule is CCOc1ccc(NC(=O)N2CCN(c3nc(C4CCCCC4)nc4sc5c(c34)CCN(CC)C5)CC2)cc1. The van der Waals surface area contributed by atoms with Gasteiger partial charge in [0.25, 0.3) is 0 Å². The van der Waals surface area contributed by atoms with Gasteiger partial charge in [-0.15, -0.1) is 11.3 Å². The molecule has 2 aliphatic heterocycles. The molecule has 2 fully saturated rings. The Kier molecular flexibility index (Phi) is 7.88. The first-order valence-electron chi connectivity index (χ1n) is 14.7. The van der Waals surface area contributed by atoms with Crippen molar-refractivity contribution in [2.45, 2.75) is 64.8 Å². The Morgan fingerprint density at radius 3 is 2.51 bits per heavy atom. The number of amides is 2. The highest BCUT2D eigenvalue weighted by Gasteiger charge is 2.30. The minimum Gasteiger partial charge on any atom is -0.494 e. The molecule has 0 bridgehead atoms. The van der Waals surface area contributed by atoms with Crippen LogP contribution in [-0.2, 0) is 13.0 Å². The highest BCUT2D eigenvalue weighted by molar-refractivity contribution is 7.19. The first kappa shape index (κ1) is 26.3. The van der Waals surface area contributed by atoms with Crippen LogP contribution >= 0.6 is 11.3 Å². The molecule has 4 heterocycles. The van der Waals surface area contributed by atoms with E-state index >= 15 is 0 Å². The van der Waals surface area contributed by atoms with Gasteiger partial charge in [-0.2, -0.15) is 0 Å². The summed E-state index contributed by atoms with van der Waals surface area (Å²) in [7, 11) is 0. The van der Waals surface area contributed by atoms with E-state index in [4.69, 9.17) is 14.7 Å². The second-order valence-corrected chi connectivity index (χ2v) is 12.0. The number of carbonyl (C=O) groups excluding carboxylic acids is 1. The number of thiophene rings is 1. The third-order valence-electron chi connectivity index (χ3n) is 8.48. The van der Waals surface area contributed by atoms with Crippen LogP contribution in [0.5, 0.6) is 5.75 Å². The summed E-state index contributed by atoms with van der Waals surface area (Å²) >= 11 is 1.88. The van der Waals surface area contributed by atoms with Gasteiger partial charge in [0, 0.05) is 55.8 Å². The van der Waals surface area contributed by atoms with Crippen molar-refractivity contribution < 1.29 is 9.53 Å². The van der Waals surface area contributed by atoms with Gasteiger partial charge in [0.05, 0.1) is 12.0 Å². The Labute approximate surface area is 235 Å². The van der Waals surface area contributed by atoms with Gasteiger partial charge in [-0.25, -0.2) is 14.8 Å². The average molecular weight is 549 g/mol. The zero-order valence-corrected chi connectivity index (χ0v) is 24.1. The second-order valence-electron chi connectivity index (χ2n) is 10.9. The molecule has 6 rings (SSSR count). The van der Waals surface area contributed by atoms with Gasteiger partial charge in [-0.05, 0) is 62.6 Å². The summed E-state index contributed by atoms with van der Waals surface area (Å²) in [5.41, 5.74) is 2.24. The van der Waals surface area contributed by atoms with Crippen LogP contribution < -0.4 is 15.0 Å². The molecule has 2 aromatic heterocycles. The normalized spacial score (nSPS) is 18.8. The highest BCUT2D eigenvalue weighted by atomic mass is 32.1. The third-order valence-corrected chi connectivity index (χ3v) is 9.59. The lowest BCUT2D eigenvalue weighted by atomic mass is 9.88. The van der Waals surface area contributed by atoms with E-state index in [9.17, 15) is 4.79 Å². The number of ether oxygens (including phenoxy) is 1. The lowest BCUT2D eigenvalue weighted by molar-refractivity contribution is 0.208. The van der Waals surface area contributed by atoms with E-state index in [-0.39, 0.29) is 6.03 Å². The number of nitrogens with one attached hydrogen (secondary N) is 1. The molecule has 3 aromatic rings. The number of aromatic nitrogens is 2. The Morgan fingerprint density at radius 1 is 1.03 bits per heavy atom. The maximum atomic E-state index is 13.0. The Morgan fingerprint density at radius 2 is 1.79 bits per heavy atom. The molecule has 39 heavy (non-hydrogen) atoms. The fourth-order valence-electron chi connectivity index (χ4n) is 6.21. The molecule has 1 N–H and O–H groups in total. The molecular weight excluding hydrogens is 508 g/mol. The number of hydrogen-bond acceptors (Lipinski definition) is 7. The second kappa shape index (κ2) is 11.7. The van der Waals surface area contributed by atoms with Crippen molar-refractivity contribution in [3.05, 3.63) is 40.5 Å². The van der Waals surface area contributed by atoms with Gasteiger partial charge < -0.3 is 19.9 Å². The van der Waals surface area contributed by atoms with Gasteiger partial charge in [0.2, 0.25) is 0 Å². The van der Waals surface area contributed by atoms with Gasteiger partial charge in [-0.3, -0.25) is 4.90 Å². The maximum absolute atomic E-state index is 13.0. The van der Waals surface area contributed by atoms with Crippen molar-refractivity contribution in [3.63, 3.8) is 0 Å². The predicted molar refractivity (Wildman–Crippen MR) is 158 cm³/mol. The third kappa shape index (κ3) is 5.57. The number of carbonyl (C=O) groups is 1. The van der Waals surface area contributed by atoms with Crippen molar-refractivity contribution in [2.75, 3.05) is 56.1 Å². The summed E-state index contributed by atoms with van der Waals surface area (Å²) in [4.78, 5) is 33.0. The summed E-state index contributed by atoms with van der Waals surface area (Å²) in [6.07, 6.45) is 7.32. The van der Waals surface area contributed by atoms with Crippen molar-refractivity contribution >= 4 is 39.1 Å². The summed E-state index contributed by atoms with van der Waals surface area (Å²) in [6.45, 7) is 10.9. The summed E-state index contributed by atoms with van der Waals surface area (Å²) < 4.78 is 5.51. The number of urea groups is 1. The van der Waals surface area contributed by atoms with E-state index in [0.29, 0.717) is 25.6 Å². The first-order chi connectivity index (χ1) is 19.1. The van der Waals surface area contributed by atoms with Crippen molar-refractivity contribution in [1.29, 1.82) is 0 Å². The zero-order chi connectivity index (χ0) is 26.8. The topological polar surface area (TPSA) is 73.8 Å². The number of piperazine rings is 1. The molecule has 2 amide bonds. The van der Waals surface area contributed by atoms with Gasteiger partial charge in [0.15, 0.2) is 0 Å². The standard InChI is InChI=1S/C30H40N6O2S/c1-3-34-15-14-24-25(20-34)39-29-26(24)28(32-27(33-29)21-8-6-5-7-9-21)35-16-18-36(19-17-35)30(37)31-22-10-12-23(13-11-22)38-4-2/h10-13,21H,3-9,14-20H2,1-2H3,(H,31,37). The van der Waals surface area contributed by atoms with E-state index in [2.05, 4.69) is 22.0 Å². The molecule has 0 atom stereocenters. The largest absolute Gasteiger partial charge is 0.494 e. The van der Waals surface area contributed by atoms with Crippen LogP contribution in [0.25, 0.3) is 10.2 Å². The number of anilines is 2. The van der Waals surface area contributed by atoms with Crippen molar-refractivity contribution in [1.82, 2.24) is 19.8 Å². The summed E-state index contributed by atoms with van der Waals surface area (Å²) in [5.74, 6) is 3.42. The molecule has 208 valence electrons. The highest BCUT2D eigenvalue weighted by Crippen LogP contribution is 2.41. The van der Waals surface area contributed by atoms with Crippen LogP contribution in [-0.4, -0.2) is 71.7 Å². The summed E-state index contributed by atoms with van der Waals surface area (Å²) in [5, 5.41) is 4.32. The molecule has 9 heteroatoms. The molecule has 0 unspecified atom stereocenters. The molecule has 1 aliphatic carbocycles. The lowest BCUT2D eigenvalue weighted by Gasteiger charge is -2.36. The fraction of sp³-hybridized carbons (Fsp3) is 0.567. The molecule has 3 aliphatic rings. The minimum absolute atomic E-state index is 0.0536. The Bertz CT molecular complexity index is 1300. The van der Waals surface area contributed by atoms with E-state index in [1.165, 1.54) is 52.8 Å². The van der Waals surface area contributed by atoms with Crippen molar-refractivity contribution in [2.24, 2.45) is 0 Å². The lowest BCUT2D eigenvalue weighted by Crippen LogP contribution is -2.50. The minimum atomic E-state index is -0.0536. The molecule has 0 radical (unpaired) electrons. The zero-order valence-electron chi connectivity index (χ0n) is 23.2. The van der Waals surface area contributed by atoms with Crippen LogP contribution in [0.1, 0.15) is 68.1 Å². The first-order valence-corrected chi connectivity index (χ1v) is 15.5. The Balaban J connectivity index is 1.21. The average Bonchev–Trinajstić information content (AvgIpc) is 3.36. The number of benzene rings is 1. The van der Waals surface area contributed by atoms with Crippen LogP contribution in [0, 0.1) is 0 Å². The van der Waals surface area contributed by atoms with Gasteiger partial charge in [-0.1, -0.05) is 26.2 Å². The van der Waals surface area contributed by atoms with E-state index in [1.807, 2.05) is 47.4 Å². The Hall–Kier alpha value is -2.91. The van der Waals surface area contributed by atoms with E-state index < -0.39 is 0 Å². The molecule has 1 aromatic carbocycles. The monoisotopic (exact) mass is 548 g/mol. The number of rotatable bonds is 6. The van der Waals surface area contributed by atoms with Crippen LogP contribution in [0.4, 0.5) is 16.3 Å². The number of likely N-dealkylation sites (N-methyl/N-ethyl adjacent to an activating group) is 1. The number of fused-ring (bicyclic) bond motifs is 3. The predicted octanol–water partition coefficient (Wildman–Crippen LogP) is 5.87. The fourth-order valence-corrected chi connectivity index (χ4v) is 7.48. The molecule has 1 saturated heterocycles. The van der Waals surface area contributed by atoms with Crippen LogP contribution in [0.15, 0.2) is 24.3 Å².